The molecule has 0 aliphatic heterocycles. The van der Waals surface area contributed by atoms with Crippen LogP contribution in [0.1, 0.15) is 27.2 Å². The van der Waals surface area contributed by atoms with Crippen LogP contribution in [0.2, 0.25) is 0 Å². The minimum Gasteiger partial charge on any atom is -0.499 e. The Hall–Kier alpha value is -0.790. The zero-order valence-corrected chi connectivity index (χ0v) is 7.85. The summed E-state index contributed by atoms with van der Waals surface area (Å²) in [5.74, 6) is 1.33. The molecular weight excluding hydrogens is 138 g/mol. The van der Waals surface area contributed by atoms with E-state index in [4.69, 9.17) is 4.74 Å². The molecule has 0 amide bonds. The Balaban J connectivity index is 4.62. The Morgan fingerprint density at radius 3 is 2.18 bits per heavy atom. The van der Waals surface area contributed by atoms with Crippen LogP contribution in [-0.2, 0) is 4.74 Å². The number of hydrogen-bond acceptors (Lipinski definition) is 2. The molecular formula is C9H17NO. The third-order valence-corrected chi connectivity index (χ3v) is 1.57. The van der Waals surface area contributed by atoms with Crippen LogP contribution in [0.3, 0.4) is 0 Å². The number of methoxy groups -OCH3 is 1. The molecule has 0 spiro atoms. The predicted molar refractivity (Wildman–Crippen MR) is 48.7 cm³/mol. The lowest BCUT2D eigenvalue weighted by Gasteiger charge is -2.11. The van der Waals surface area contributed by atoms with Crippen LogP contribution in [0.25, 0.3) is 0 Å². The number of ether oxygens (including phenoxy) is 1. The second-order valence-corrected chi connectivity index (χ2v) is 2.68. The van der Waals surface area contributed by atoms with Gasteiger partial charge >= 0.3 is 0 Å². The number of allylic oxidation sites excluding steroid dienone is 2. The molecule has 0 fully saturated rings. The van der Waals surface area contributed by atoms with Crippen molar-refractivity contribution >= 4 is 6.72 Å². The maximum absolute atomic E-state index is 5.16. The molecule has 0 aromatic carbocycles. The third-order valence-electron chi connectivity index (χ3n) is 1.57. The average Bonchev–Trinajstić information content (AvgIpc) is 1.99. The summed E-state index contributed by atoms with van der Waals surface area (Å²) in [6.07, 6.45) is 0.878. The van der Waals surface area contributed by atoms with Crippen LogP contribution >= 0.6 is 0 Å². The minimum atomic E-state index is 0.391. The summed E-state index contributed by atoms with van der Waals surface area (Å²) in [5, 5.41) is 0. The summed E-state index contributed by atoms with van der Waals surface area (Å²) in [6.45, 7) is 9.72. The van der Waals surface area contributed by atoms with Crippen molar-refractivity contribution in [3.05, 3.63) is 11.5 Å². The number of rotatable bonds is 4. The van der Waals surface area contributed by atoms with Crippen molar-refractivity contribution in [1.82, 2.24) is 0 Å². The highest BCUT2D eigenvalue weighted by molar-refractivity contribution is 5.30. The van der Waals surface area contributed by atoms with Crippen LogP contribution in [0, 0.1) is 5.92 Å². The van der Waals surface area contributed by atoms with E-state index in [0.29, 0.717) is 5.92 Å². The zero-order chi connectivity index (χ0) is 8.85. The van der Waals surface area contributed by atoms with Crippen LogP contribution < -0.4 is 0 Å². The molecule has 0 saturated heterocycles. The van der Waals surface area contributed by atoms with Crippen LogP contribution in [0.4, 0.5) is 0 Å². The second-order valence-electron chi connectivity index (χ2n) is 2.68. The molecule has 0 aromatic rings. The molecule has 0 unspecified atom stereocenters. The lowest BCUT2D eigenvalue weighted by atomic mass is 10.1. The van der Waals surface area contributed by atoms with Gasteiger partial charge in [-0.3, -0.25) is 4.99 Å². The van der Waals surface area contributed by atoms with E-state index in [2.05, 4.69) is 25.6 Å². The number of hydrogen-bond donors (Lipinski definition) is 0. The van der Waals surface area contributed by atoms with Gasteiger partial charge in [-0.2, -0.15) is 0 Å². The van der Waals surface area contributed by atoms with Gasteiger partial charge in [0.2, 0.25) is 0 Å². The van der Waals surface area contributed by atoms with Crippen molar-refractivity contribution in [2.75, 3.05) is 7.11 Å². The molecule has 11 heavy (non-hydrogen) atoms. The normalized spacial score (nSPS) is 12.8. The molecule has 0 heterocycles. The van der Waals surface area contributed by atoms with Gasteiger partial charge in [-0.1, -0.05) is 20.8 Å². The van der Waals surface area contributed by atoms with Crippen molar-refractivity contribution in [3.63, 3.8) is 0 Å². The third kappa shape index (κ3) is 2.74. The van der Waals surface area contributed by atoms with Gasteiger partial charge in [0.15, 0.2) is 0 Å². The maximum Gasteiger partial charge on any atom is 0.117 e. The van der Waals surface area contributed by atoms with Crippen molar-refractivity contribution in [2.24, 2.45) is 10.9 Å². The Labute approximate surface area is 69.0 Å². The minimum absolute atomic E-state index is 0.391. The molecule has 2 nitrogen and oxygen atoms in total. The van der Waals surface area contributed by atoms with E-state index in [1.807, 2.05) is 6.92 Å². The summed E-state index contributed by atoms with van der Waals surface area (Å²) in [5.41, 5.74) is 0.968. The number of aliphatic imine (C=N–C) groups is 1. The number of nitrogens with zero attached hydrogens (tertiary/aromatic N) is 1. The van der Waals surface area contributed by atoms with E-state index in [9.17, 15) is 0 Å². The van der Waals surface area contributed by atoms with E-state index in [0.717, 1.165) is 17.9 Å². The molecule has 2 heteroatoms. The monoisotopic (exact) mass is 155 g/mol. The molecule has 0 aliphatic carbocycles. The van der Waals surface area contributed by atoms with Gasteiger partial charge in [-0.25, -0.2) is 0 Å². The SMILES string of the molecule is C=N/C(=C(/CC)OC)C(C)C. The highest BCUT2D eigenvalue weighted by Crippen LogP contribution is 2.18. The fourth-order valence-corrected chi connectivity index (χ4v) is 1.02. The van der Waals surface area contributed by atoms with Crippen LogP contribution in [0.15, 0.2) is 16.4 Å². The van der Waals surface area contributed by atoms with Gasteiger partial charge in [-0.05, 0) is 12.6 Å². The Morgan fingerprint density at radius 2 is 2.09 bits per heavy atom. The van der Waals surface area contributed by atoms with Gasteiger partial charge in [0, 0.05) is 6.42 Å². The Morgan fingerprint density at radius 1 is 1.55 bits per heavy atom. The summed E-state index contributed by atoms with van der Waals surface area (Å²) in [6, 6.07) is 0. The molecule has 0 N–H and O–H groups in total. The van der Waals surface area contributed by atoms with Crippen LogP contribution in [0.5, 0.6) is 0 Å². The van der Waals surface area contributed by atoms with Gasteiger partial charge in [0.1, 0.15) is 5.76 Å². The van der Waals surface area contributed by atoms with E-state index < -0.39 is 0 Å². The molecule has 64 valence electrons. The Kier molecular flexibility index (Phi) is 4.59. The quantitative estimate of drug-likeness (QED) is 0.451. The topological polar surface area (TPSA) is 21.6 Å². The fraction of sp³-hybridized carbons (Fsp3) is 0.667. The lowest BCUT2D eigenvalue weighted by molar-refractivity contribution is 0.271. The summed E-state index contributed by atoms with van der Waals surface area (Å²) in [4.78, 5) is 3.93. The van der Waals surface area contributed by atoms with Crippen LogP contribution in [-0.4, -0.2) is 13.8 Å². The van der Waals surface area contributed by atoms with E-state index >= 15 is 0 Å². The average molecular weight is 155 g/mol. The van der Waals surface area contributed by atoms with Crippen molar-refractivity contribution in [3.8, 4) is 0 Å². The van der Waals surface area contributed by atoms with Gasteiger partial charge in [0.25, 0.3) is 0 Å². The largest absolute Gasteiger partial charge is 0.499 e. The van der Waals surface area contributed by atoms with Crippen molar-refractivity contribution < 1.29 is 4.74 Å². The van der Waals surface area contributed by atoms with Gasteiger partial charge in [0.05, 0.1) is 12.8 Å². The summed E-state index contributed by atoms with van der Waals surface area (Å²) >= 11 is 0. The molecule has 0 rings (SSSR count). The van der Waals surface area contributed by atoms with Gasteiger partial charge in [-0.15, -0.1) is 0 Å². The second kappa shape index (κ2) is 4.94. The van der Waals surface area contributed by atoms with Crippen molar-refractivity contribution in [1.29, 1.82) is 0 Å². The van der Waals surface area contributed by atoms with Crippen molar-refractivity contribution in [2.45, 2.75) is 27.2 Å². The van der Waals surface area contributed by atoms with E-state index in [-0.39, 0.29) is 0 Å². The smallest absolute Gasteiger partial charge is 0.117 e. The summed E-state index contributed by atoms with van der Waals surface area (Å²) < 4.78 is 5.16. The fourth-order valence-electron chi connectivity index (χ4n) is 1.02. The molecule has 0 bridgehead atoms. The first kappa shape index (κ1) is 10.2. The highest BCUT2D eigenvalue weighted by atomic mass is 16.5. The Bertz CT molecular complexity index is 153. The molecule has 0 aliphatic rings. The molecule has 0 radical (unpaired) electrons. The first-order chi connectivity index (χ1) is 5.17. The molecule has 0 saturated carbocycles. The van der Waals surface area contributed by atoms with Gasteiger partial charge < -0.3 is 4.74 Å². The first-order valence-corrected chi connectivity index (χ1v) is 3.91. The maximum atomic E-state index is 5.16. The summed E-state index contributed by atoms with van der Waals surface area (Å²) in [7, 11) is 1.67. The van der Waals surface area contributed by atoms with E-state index in [1.165, 1.54) is 0 Å². The zero-order valence-electron chi connectivity index (χ0n) is 7.85. The predicted octanol–water partition coefficient (Wildman–Crippen LogP) is 2.61. The lowest BCUT2D eigenvalue weighted by Crippen LogP contribution is -1.98. The standard InChI is InChI=1S/C9H17NO/c1-6-8(11-5)9(10-4)7(2)3/h7H,4,6H2,1-3,5H3/b9-8-. The highest BCUT2D eigenvalue weighted by Gasteiger charge is 2.07. The van der Waals surface area contributed by atoms with E-state index in [1.54, 1.807) is 7.11 Å². The molecule has 0 aromatic heterocycles. The first-order valence-electron chi connectivity index (χ1n) is 3.91. The molecule has 0 atom stereocenters.